The van der Waals surface area contributed by atoms with Crippen molar-refractivity contribution < 1.29 is 9.53 Å². The maximum Gasteiger partial charge on any atom is 0.223 e. The lowest BCUT2D eigenvalue weighted by Crippen LogP contribution is -2.47. The van der Waals surface area contributed by atoms with E-state index in [0.717, 1.165) is 51.6 Å². The zero-order valence-corrected chi connectivity index (χ0v) is 14.0. The van der Waals surface area contributed by atoms with Crippen molar-refractivity contribution in [3.05, 3.63) is 24.3 Å². The molecular formula is C18H27N3O2. The van der Waals surface area contributed by atoms with Crippen LogP contribution in [-0.2, 0) is 4.79 Å². The van der Waals surface area contributed by atoms with E-state index in [9.17, 15) is 4.79 Å². The smallest absolute Gasteiger partial charge is 0.223 e. The van der Waals surface area contributed by atoms with E-state index in [-0.39, 0.29) is 0 Å². The maximum absolute atomic E-state index is 12.1. The average molecular weight is 317 g/mol. The van der Waals surface area contributed by atoms with Crippen LogP contribution >= 0.6 is 0 Å². The highest BCUT2D eigenvalue weighted by atomic mass is 16.5. The summed E-state index contributed by atoms with van der Waals surface area (Å²) in [5.74, 6) is 1.23. The van der Waals surface area contributed by atoms with Crippen molar-refractivity contribution in [3.8, 4) is 5.75 Å². The third-order valence-electron chi connectivity index (χ3n) is 4.91. The number of hydrogen-bond donors (Lipinski definition) is 0. The predicted octanol–water partition coefficient (Wildman–Crippen LogP) is 1.83. The van der Waals surface area contributed by atoms with Crippen molar-refractivity contribution in [1.29, 1.82) is 0 Å². The van der Waals surface area contributed by atoms with E-state index in [0.29, 0.717) is 12.3 Å². The molecule has 0 bridgehead atoms. The minimum atomic E-state index is 0.333. The second kappa shape index (κ2) is 7.68. The summed E-state index contributed by atoms with van der Waals surface area (Å²) in [7, 11) is 1.69. The fraction of sp³-hybridized carbons (Fsp3) is 0.611. The molecule has 3 rings (SSSR count). The molecule has 1 aromatic carbocycles. The Labute approximate surface area is 138 Å². The Morgan fingerprint density at radius 2 is 1.65 bits per heavy atom. The molecule has 0 spiro atoms. The largest absolute Gasteiger partial charge is 0.497 e. The molecule has 2 aliphatic rings. The zero-order valence-electron chi connectivity index (χ0n) is 14.0. The SMILES string of the molecule is COc1ccc(N2CCN(CCC(=O)N3CCCC3)CC2)cc1. The molecule has 0 atom stereocenters. The van der Waals surface area contributed by atoms with Crippen LogP contribution in [0.2, 0.25) is 0 Å². The number of nitrogens with zero attached hydrogens (tertiary/aromatic N) is 3. The summed E-state index contributed by atoms with van der Waals surface area (Å²) in [6.07, 6.45) is 3.01. The molecule has 1 amide bonds. The first-order valence-electron chi connectivity index (χ1n) is 8.65. The van der Waals surface area contributed by atoms with E-state index in [1.165, 1.54) is 18.5 Å². The van der Waals surface area contributed by atoms with Gasteiger partial charge >= 0.3 is 0 Å². The van der Waals surface area contributed by atoms with E-state index in [2.05, 4.69) is 21.9 Å². The lowest BCUT2D eigenvalue weighted by molar-refractivity contribution is -0.130. The van der Waals surface area contributed by atoms with Crippen LogP contribution in [0, 0.1) is 0 Å². The molecule has 0 aliphatic carbocycles. The number of amides is 1. The summed E-state index contributed by atoms with van der Waals surface area (Å²) in [6, 6.07) is 8.25. The normalized spacial score (nSPS) is 19.2. The van der Waals surface area contributed by atoms with Gasteiger partial charge in [-0.25, -0.2) is 0 Å². The Hall–Kier alpha value is -1.75. The number of methoxy groups -OCH3 is 1. The number of benzene rings is 1. The molecule has 2 heterocycles. The van der Waals surface area contributed by atoms with Gasteiger partial charge in [0.25, 0.3) is 0 Å². The molecule has 1 aromatic rings. The first-order chi connectivity index (χ1) is 11.3. The number of carbonyl (C=O) groups excluding carboxylic acids is 1. The van der Waals surface area contributed by atoms with Crippen LogP contribution < -0.4 is 9.64 Å². The molecule has 2 saturated heterocycles. The van der Waals surface area contributed by atoms with E-state index in [1.54, 1.807) is 7.11 Å². The number of carbonyl (C=O) groups is 1. The third kappa shape index (κ3) is 4.16. The minimum Gasteiger partial charge on any atom is -0.497 e. The fourth-order valence-electron chi connectivity index (χ4n) is 3.40. The van der Waals surface area contributed by atoms with Gasteiger partial charge in [0.1, 0.15) is 5.75 Å². The third-order valence-corrected chi connectivity index (χ3v) is 4.91. The molecule has 0 aromatic heterocycles. The van der Waals surface area contributed by atoms with E-state index < -0.39 is 0 Å². The molecule has 0 unspecified atom stereocenters. The predicted molar refractivity (Wildman–Crippen MR) is 92.1 cm³/mol. The monoisotopic (exact) mass is 317 g/mol. The summed E-state index contributed by atoms with van der Waals surface area (Å²) in [4.78, 5) is 18.9. The van der Waals surface area contributed by atoms with Crippen molar-refractivity contribution in [2.75, 3.05) is 57.8 Å². The molecule has 0 saturated carbocycles. The number of piperazine rings is 1. The van der Waals surface area contributed by atoms with Gasteiger partial charge in [-0.15, -0.1) is 0 Å². The molecule has 2 fully saturated rings. The summed E-state index contributed by atoms with van der Waals surface area (Å²) in [6.45, 7) is 6.91. The van der Waals surface area contributed by atoms with Crippen molar-refractivity contribution in [2.24, 2.45) is 0 Å². The summed E-state index contributed by atoms with van der Waals surface area (Å²) < 4.78 is 5.21. The van der Waals surface area contributed by atoms with Gasteiger partial charge in [-0.2, -0.15) is 0 Å². The Bertz CT molecular complexity index is 504. The van der Waals surface area contributed by atoms with Crippen molar-refractivity contribution in [2.45, 2.75) is 19.3 Å². The second-order valence-electron chi connectivity index (χ2n) is 6.36. The zero-order chi connectivity index (χ0) is 16.1. The Kier molecular flexibility index (Phi) is 5.39. The fourth-order valence-corrected chi connectivity index (χ4v) is 3.40. The standard InChI is InChI=1S/C18H27N3O2/c1-23-17-6-4-16(5-7-17)20-14-12-19(13-15-20)11-8-18(22)21-9-2-3-10-21/h4-7H,2-3,8-15H2,1H3. The van der Waals surface area contributed by atoms with Crippen LogP contribution in [0.1, 0.15) is 19.3 Å². The Morgan fingerprint density at radius 1 is 1.00 bits per heavy atom. The minimum absolute atomic E-state index is 0.333. The van der Waals surface area contributed by atoms with Crippen molar-refractivity contribution >= 4 is 11.6 Å². The maximum atomic E-state index is 12.1. The van der Waals surface area contributed by atoms with Gasteiger partial charge < -0.3 is 14.5 Å². The summed E-state index contributed by atoms with van der Waals surface area (Å²) in [5.41, 5.74) is 1.25. The summed E-state index contributed by atoms with van der Waals surface area (Å²) >= 11 is 0. The van der Waals surface area contributed by atoms with E-state index in [4.69, 9.17) is 4.74 Å². The highest BCUT2D eigenvalue weighted by Gasteiger charge is 2.21. The Morgan fingerprint density at radius 3 is 2.26 bits per heavy atom. The van der Waals surface area contributed by atoms with Crippen LogP contribution in [0.4, 0.5) is 5.69 Å². The van der Waals surface area contributed by atoms with Gasteiger partial charge in [0, 0.05) is 57.9 Å². The summed E-state index contributed by atoms with van der Waals surface area (Å²) in [5, 5.41) is 0. The number of hydrogen-bond acceptors (Lipinski definition) is 4. The number of anilines is 1. The number of ether oxygens (including phenoxy) is 1. The van der Waals surface area contributed by atoms with Gasteiger partial charge in [-0.1, -0.05) is 0 Å². The number of rotatable bonds is 5. The van der Waals surface area contributed by atoms with Crippen LogP contribution in [0.25, 0.3) is 0 Å². The molecule has 0 radical (unpaired) electrons. The topological polar surface area (TPSA) is 36.0 Å². The second-order valence-corrected chi connectivity index (χ2v) is 6.36. The van der Waals surface area contributed by atoms with Gasteiger partial charge in [0.15, 0.2) is 0 Å². The lowest BCUT2D eigenvalue weighted by Gasteiger charge is -2.36. The van der Waals surface area contributed by atoms with Crippen LogP contribution in [-0.4, -0.2) is 68.6 Å². The first kappa shape index (κ1) is 16.1. The highest BCUT2D eigenvalue weighted by molar-refractivity contribution is 5.76. The van der Waals surface area contributed by atoms with Gasteiger partial charge in [-0.05, 0) is 37.1 Å². The molecular weight excluding hydrogens is 290 g/mol. The molecule has 2 aliphatic heterocycles. The molecule has 0 N–H and O–H groups in total. The van der Waals surface area contributed by atoms with Gasteiger partial charge in [0.05, 0.1) is 7.11 Å². The van der Waals surface area contributed by atoms with Crippen molar-refractivity contribution in [3.63, 3.8) is 0 Å². The average Bonchev–Trinajstić information content (AvgIpc) is 3.15. The molecule has 5 nitrogen and oxygen atoms in total. The van der Waals surface area contributed by atoms with Crippen LogP contribution in [0.3, 0.4) is 0 Å². The van der Waals surface area contributed by atoms with Crippen LogP contribution in [0.5, 0.6) is 5.75 Å². The van der Waals surface area contributed by atoms with Gasteiger partial charge in [0.2, 0.25) is 5.91 Å². The molecule has 23 heavy (non-hydrogen) atoms. The van der Waals surface area contributed by atoms with E-state index >= 15 is 0 Å². The van der Waals surface area contributed by atoms with Crippen molar-refractivity contribution in [1.82, 2.24) is 9.80 Å². The highest BCUT2D eigenvalue weighted by Crippen LogP contribution is 2.20. The van der Waals surface area contributed by atoms with Crippen LogP contribution in [0.15, 0.2) is 24.3 Å². The quantitative estimate of drug-likeness (QED) is 0.830. The Balaban J connectivity index is 1.41. The number of likely N-dealkylation sites (tertiary alicyclic amines) is 1. The molecule has 126 valence electrons. The first-order valence-corrected chi connectivity index (χ1v) is 8.65. The van der Waals surface area contributed by atoms with E-state index in [1.807, 2.05) is 17.0 Å². The lowest BCUT2D eigenvalue weighted by atomic mass is 10.2. The van der Waals surface area contributed by atoms with Gasteiger partial charge in [-0.3, -0.25) is 9.69 Å². The molecule has 5 heteroatoms.